The van der Waals surface area contributed by atoms with Crippen LogP contribution in [-0.4, -0.2) is 93.2 Å². The van der Waals surface area contributed by atoms with Crippen LogP contribution in [0.25, 0.3) is 0 Å². The molecule has 1 saturated heterocycles. The summed E-state index contributed by atoms with van der Waals surface area (Å²) in [6.45, 7) is 6.08. The number of benzene rings is 1. The molecule has 35 heavy (non-hydrogen) atoms. The number of carbonyl (C=O) groups is 2. The van der Waals surface area contributed by atoms with Crippen LogP contribution in [0.3, 0.4) is 0 Å². The van der Waals surface area contributed by atoms with Crippen molar-refractivity contribution in [2.75, 3.05) is 60.1 Å². The molecule has 1 aromatic carbocycles. The SMILES string of the molecule is CCN[C@H](CNC(=O)N(C)CC[C@@H](OCCN(C)C(=O)O)c1cccc(Cl)c1)C[C@H]1CCCOC1. The smallest absolute Gasteiger partial charge is 0.407 e. The van der Waals surface area contributed by atoms with Gasteiger partial charge in [0.05, 0.1) is 12.7 Å². The van der Waals surface area contributed by atoms with Crippen molar-refractivity contribution in [1.82, 2.24) is 20.4 Å². The maximum absolute atomic E-state index is 12.8. The minimum atomic E-state index is -1.00. The van der Waals surface area contributed by atoms with Crippen LogP contribution < -0.4 is 10.6 Å². The highest BCUT2D eigenvalue weighted by atomic mass is 35.5. The maximum Gasteiger partial charge on any atom is 0.407 e. The molecular weight excluding hydrogens is 472 g/mol. The summed E-state index contributed by atoms with van der Waals surface area (Å²) in [6.07, 6.45) is 2.48. The van der Waals surface area contributed by atoms with Crippen molar-refractivity contribution in [2.45, 2.75) is 44.8 Å². The van der Waals surface area contributed by atoms with Crippen LogP contribution in [0.15, 0.2) is 24.3 Å². The van der Waals surface area contributed by atoms with Gasteiger partial charge in [0.25, 0.3) is 0 Å². The molecule has 1 heterocycles. The van der Waals surface area contributed by atoms with Gasteiger partial charge in [0, 0.05) is 58.0 Å². The van der Waals surface area contributed by atoms with Gasteiger partial charge in [-0.2, -0.15) is 0 Å². The maximum atomic E-state index is 12.8. The summed E-state index contributed by atoms with van der Waals surface area (Å²) in [4.78, 5) is 26.6. The van der Waals surface area contributed by atoms with E-state index in [2.05, 4.69) is 17.6 Å². The fraction of sp³-hybridized carbons (Fsp3) is 0.680. The Kier molecular flexibility index (Phi) is 13.2. The van der Waals surface area contributed by atoms with Crippen molar-refractivity contribution in [3.8, 4) is 0 Å². The van der Waals surface area contributed by atoms with Crippen LogP contribution in [0.5, 0.6) is 0 Å². The van der Waals surface area contributed by atoms with Gasteiger partial charge in [0.2, 0.25) is 0 Å². The summed E-state index contributed by atoms with van der Waals surface area (Å²) in [6, 6.07) is 7.48. The van der Waals surface area contributed by atoms with Crippen molar-refractivity contribution in [3.63, 3.8) is 0 Å². The molecule has 3 amide bonds. The van der Waals surface area contributed by atoms with Crippen molar-refractivity contribution in [3.05, 3.63) is 34.9 Å². The summed E-state index contributed by atoms with van der Waals surface area (Å²) >= 11 is 6.16. The number of likely N-dealkylation sites (N-methyl/N-ethyl adjacent to an activating group) is 2. The van der Waals surface area contributed by atoms with Crippen LogP contribution in [0.1, 0.15) is 44.3 Å². The fourth-order valence-corrected chi connectivity index (χ4v) is 4.36. The first-order valence-electron chi connectivity index (χ1n) is 12.4. The van der Waals surface area contributed by atoms with E-state index in [1.54, 1.807) is 18.0 Å². The number of ether oxygens (including phenoxy) is 2. The quantitative estimate of drug-likeness (QED) is 0.350. The van der Waals surface area contributed by atoms with E-state index in [1.165, 1.54) is 18.4 Å². The molecule has 3 N–H and O–H groups in total. The van der Waals surface area contributed by atoms with E-state index in [-0.39, 0.29) is 31.3 Å². The molecule has 0 spiro atoms. The zero-order chi connectivity index (χ0) is 25.6. The van der Waals surface area contributed by atoms with E-state index in [9.17, 15) is 9.59 Å². The molecule has 0 aliphatic carbocycles. The number of hydrogen-bond acceptors (Lipinski definition) is 5. The van der Waals surface area contributed by atoms with Gasteiger partial charge >= 0.3 is 12.1 Å². The van der Waals surface area contributed by atoms with Crippen LogP contribution in [0, 0.1) is 5.92 Å². The zero-order valence-corrected chi connectivity index (χ0v) is 21.9. The van der Waals surface area contributed by atoms with Gasteiger partial charge in [-0.3, -0.25) is 0 Å². The van der Waals surface area contributed by atoms with Crippen molar-refractivity contribution in [1.29, 1.82) is 0 Å². The second kappa shape index (κ2) is 15.8. The Labute approximate surface area is 214 Å². The van der Waals surface area contributed by atoms with Crippen LogP contribution >= 0.6 is 11.6 Å². The van der Waals surface area contributed by atoms with Gasteiger partial charge < -0.3 is 35.0 Å². The standard InChI is InChI=1S/C25H41ClN4O5/c1-4-27-22(15-19-7-6-13-34-18-19)17-28-24(31)29(2)11-10-23(20-8-5-9-21(26)16-20)35-14-12-30(3)25(32)33/h5,8-9,16,19,22-23,27H,4,6-7,10-15,17-18H2,1-3H3,(H,28,31)(H,32,33)/t19-,22+,23-/m1/s1. The minimum absolute atomic E-state index is 0.136. The van der Waals surface area contributed by atoms with Gasteiger partial charge in [-0.25, -0.2) is 9.59 Å². The number of amides is 3. The second-order valence-corrected chi connectivity index (χ2v) is 9.52. The molecule has 0 bridgehead atoms. The molecule has 1 aliphatic heterocycles. The molecule has 0 aromatic heterocycles. The van der Waals surface area contributed by atoms with E-state index in [0.717, 1.165) is 38.2 Å². The lowest BCUT2D eigenvalue weighted by atomic mass is 9.94. The number of urea groups is 1. The van der Waals surface area contributed by atoms with Gasteiger partial charge in [-0.1, -0.05) is 30.7 Å². The monoisotopic (exact) mass is 512 g/mol. The molecule has 0 saturated carbocycles. The molecule has 2 rings (SSSR count). The number of hydrogen-bond donors (Lipinski definition) is 3. The van der Waals surface area contributed by atoms with Gasteiger partial charge in [-0.15, -0.1) is 0 Å². The first-order valence-corrected chi connectivity index (χ1v) is 12.8. The molecule has 3 atom stereocenters. The number of nitrogens with zero attached hydrogens (tertiary/aromatic N) is 2. The van der Waals surface area contributed by atoms with Crippen LogP contribution in [-0.2, 0) is 9.47 Å². The summed E-state index contributed by atoms with van der Waals surface area (Å²) in [5.41, 5.74) is 0.895. The Balaban J connectivity index is 1.86. The van der Waals surface area contributed by atoms with Crippen LogP contribution in [0.4, 0.5) is 9.59 Å². The number of carbonyl (C=O) groups excluding carboxylic acids is 1. The number of nitrogens with one attached hydrogen (secondary N) is 2. The number of rotatable bonds is 14. The van der Waals surface area contributed by atoms with Gasteiger partial charge in [0.1, 0.15) is 0 Å². The average molecular weight is 513 g/mol. The first-order chi connectivity index (χ1) is 16.8. The highest BCUT2D eigenvalue weighted by Gasteiger charge is 2.21. The molecule has 10 heteroatoms. The van der Waals surface area contributed by atoms with E-state index in [1.807, 2.05) is 18.2 Å². The summed E-state index contributed by atoms with van der Waals surface area (Å²) in [5, 5.41) is 16.2. The summed E-state index contributed by atoms with van der Waals surface area (Å²) in [5.74, 6) is 0.526. The third-order valence-corrected chi connectivity index (χ3v) is 6.47. The van der Waals surface area contributed by atoms with E-state index in [4.69, 9.17) is 26.2 Å². The lowest BCUT2D eigenvalue weighted by molar-refractivity contribution is 0.0319. The van der Waals surface area contributed by atoms with Gasteiger partial charge in [0.15, 0.2) is 0 Å². The molecule has 9 nitrogen and oxygen atoms in total. The molecular formula is C25H41ClN4O5. The molecule has 0 unspecified atom stereocenters. The number of carboxylic acid groups (broad SMARTS) is 1. The third kappa shape index (κ3) is 11.0. The van der Waals surface area contributed by atoms with Crippen molar-refractivity contribution in [2.24, 2.45) is 5.92 Å². The Bertz CT molecular complexity index is 778. The highest BCUT2D eigenvalue weighted by Crippen LogP contribution is 2.24. The predicted molar refractivity (Wildman–Crippen MR) is 137 cm³/mol. The highest BCUT2D eigenvalue weighted by molar-refractivity contribution is 6.30. The third-order valence-electron chi connectivity index (χ3n) is 6.23. The fourth-order valence-electron chi connectivity index (χ4n) is 4.16. The Morgan fingerprint density at radius 1 is 1.29 bits per heavy atom. The molecule has 198 valence electrons. The molecule has 0 radical (unpaired) electrons. The molecule has 1 aromatic rings. The Morgan fingerprint density at radius 3 is 2.74 bits per heavy atom. The summed E-state index contributed by atoms with van der Waals surface area (Å²) < 4.78 is 11.6. The molecule has 1 aliphatic rings. The van der Waals surface area contributed by atoms with Gasteiger partial charge in [-0.05, 0) is 55.8 Å². The van der Waals surface area contributed by atoms with E-state index >= 15 is 0 Å². The summed E-state index contributed by atoms with van der Waals surface area (Å²) in [7, 11) is 3.26. The van der Waals surface area contributed by atoms with Crippen molar-refractivity contribution < 1.29 is 24.2 Å². The van der Waals surface area contributed by atoms with E-state index < -0.39 is 6.09 Å². The lowest BCUT2D eigenvalue weighted by Gasteiger charge is -2.28. The largest absolute Gasteiger partial charge is 0.465 e. The Morgan fingerprint density at radius 2 is 2.09 bits per heavy atom. The normalized spacial score (nSPS) is 17.4. The van der Waals surface area contributed by atoms with Crippen molar-refractivity contribution >= 4 is 23.7 Å². The minimum Gasteiger partial charge on any atom is -0.465 e. The lowest BCUT2D eigenvalue weighted by Crippen LogP contribution is -2.46. The topological polar surface area (TPSA) is 103 Å². The average Bonchev–Trinajstić information content (AvgIpc) is 2.84. The second-order valence-electron chi connectivity index (χ2n) is 9.09. The first kappa shape index (κ1) is 29.2. The Hall–Kier alpha value is -2.07. The number of halogens is 1. The van der Waals surface area contributed by atoms with Crippen LogP contribution in [0.2, 0.25) is 5.02 Å². The zero-order valence-electron chi connectivity index (χ0n) is 21.2. The van der Waals surface area contributed by atoms with E-state index in [0.29, 0.717) is 30.5 Å². The molecule has 1 fully saturated rings. The predicted octanol–water partition coefficient (Wildman–Crippen LogP) is 3.83.